The number of hydrogen-bond acceptors (Lipinski definition) is 2. The van der Waals surface area contributed by atoms with Crippen molar-refractivity contribution in [3.8, 4) is 33.4 Å². The minimum absolute atomic E-state index is 0.270. The van der Waals surface area contributed by atoms with E-state index in [9.17, 15) is 52.7 Å². The quantitative estimate of drug-likeness (QED) is 0.180. The number of halogens is 12. The van der Waals surface area contributed by atoms with Gasteiger partial charge >= 0.3 is 24.7 Å². The molecule has 0 spiro atoms. The monoisotopic (exact) mass is 608 g/mol. The summed E-state index contributed by atoms with van der Waals surface area (Å²) in [6, 6.07) is 7.93. The van der Waals surface area contributed by atoms with Crippen LogP contribution in [0.15, 0.2) is 72.8 Å². The Kier molecular flexibility index (Phi) is 7.41. The molecule has 2 nitrogen and oxygen atoms in total. The van der Waals surface area contributed by atoms with Crippen LogP contribution in [0, 0.1) is 0 Å². The molecule has 0 radical (unpaired) electrons. The highest BCUT2D eigenvalue weighted by atomic mass is 19.4. The zero-order valence-corrected chi connectivity index (χ0v) is 20.6. The zero-order chi connectivity index (χ0) is 31.4. The maximum Gasteiger partial charge on any atom is 0.417 e. The minimum Gasteiger partial charge on any atom is -0.399 e. The molecule has 0 saturated heterocycles. The van der Waals surface area contributed by atoms with Crippen molar-refractivity contribution in [2.75, 3.05) is 11.5 Å². The van der Waals surface area contributed by atoms with Crippen molar-refractivity contribution in [2.24, 2.45) is 0 Å². The summed E-state index contributed by atoms with van der Waals surface area (Å²) >= 11 is 0. The Morgan fingerprint density at radius 2 is 0.595 bits per heavy atom. The van der Waals surface area contributed by atoms with Crippen molar-refractivity contribution in [2.45, 2.75) is 24.7 Å². The largest absolute Gasteiger partial charge is 0.417 e. The van der Waals surface area contributed by atoms with Crippen molar-refractivity contribution in [1.29, 1.82) is 0 Å². The average molecular weight is 608 g/mol. The molecule has 14 heteroatoms. The van der Waals surface area contributed by atoms with Gasteiger partial charge in [0, 0.05) is 11.4 Å². The smallest absolute Gasteiger partial charge is 0.399 e. The number of rotatable bonds is 3. The molecular weight excluding hydrogens is 592 g/mol. The Morgan fingerprint density at radius 3 is 0.881 bits per heavy atom. The maximum atomic E-state index is 14.2. The first-order chi connectivity index (χ1) is 19.2. The normalized spacial score (nSPS) is 13.0. The molecule has 0 aliphatic rings. The van der Waals surface area contributed by atoms with Gasteiger partial charge < -0.3 is 11.5 Å². The highest BCUT2D eigenvalue weighted by molar-refractivity contribution is 5.81. The number of hydrogen-bond donors (Lipinski definition) is 2. The van der Waals surface area contributed by atoms with Crippen LogP contribution in [0.2, 0.25) is 0 Å². The third-order valence-corrected chi connectivity index (χ3v) is 6.26. The summed E-state index contributed by atoms with van der Waals surface area (Å²) in [4.78, 5) is 0. The molecule has 0 unspecified atom stereocenters. The Labute approximate surface area is 229 Å². The predicted octanol–water partition coefficient (Wildman–Crippen LogP) is 9.93. The number of nitrogen functional groups attached to an aromatic ring is 2. The van der Waals surface area contributed by atoms with Gasteiger partial charge in [0.05, 0.1) is 22.3 Å². The molecule has 4 N–H and O–H groups in total. The predicted molar refractivity (Wildman–Crippen MR) is 132 cm³/mol. The molecule has 0 fully saturated rings. The molecule has 4 rings (SSSR count). The molecule has 0 amide bonds. The Hall–Kier alpha value is -4.36. The average Bonchev–Trinajstić information content (AvgIpc) is 2.86. The van der Waals surface area contributed by atoms with Crippen LogP contribution >= 0.6 is 0 Å². The topological polar surface area (TPSA) is 52.0 Å². The van der Waals surface area contributed by atoms with Gasteiger partial charge in [0.1, 0.15) is 0 Å². The van der Waals surface area contributed by atoms with Gasteiger partial charge in [0.2, 0.25) is 0 Å². The second-order valence-corrected chi connectivity index (χ2v) is 9.12. The van der Waals surface area contributed by atoms with Crippen molar-refractivity contribution >= 4 is 11.4 Å². The standard InChI is InChI=1S/C28H16F12N2/c29-25(30,31)21-9-13(17-7-3-15(41)11-23(17)27(35,36)37)1-5-19(21)20-6-2-14(10-22(20)26(32,33)34)18-8-4-16(42)12-24(18)28(38,39)40/h1-12H,41-42H2. The van der Waals surface area contributed by atoms with Gasteiger partial charge in [-0.25, -0.2) is 0 Å². The maximum absolute atomic E-state index is 14.2. The highest BCUT2D eigenvalue weighted by Gasteiger charge is 2.40. The van der Waals surface area contributed by atoms with Gasteiger partial charge in [0.15, 0.2) is 0 Å². The summed E-state index contributed by atoms with van der Waals surface area (Å²) in [6.07, 6.45) is -20.8. The summed E-state index contributed by atoms with van der Waals surface area (Å²) in [5.74, 6) is 0. The summed E-state index contributed by atoms with van der Waals surface area (Å²) in [6.45, 7) is 0. The molecule has 0 aromatic heterocycles. The molecular formula is C28H16F12N2. The molecule has 0 aliphatic heterocycles. The lowest BCUT2D eigenvalue weighted by molar-refractivity contribution is -0.139. The van der Waals surface area contributed by atoms with Crippen LogP contribution in [0.3, 0.4) is 0 Å². The Balaban J connectivity index is 1.97. The Morgan fingerprint density at radius 1 is 0.333 bits per heavy atom. The summed E-state index contributed by atoms with van der Waals surface area (Å²) in [7, 11) is 0. The summed E-state index contributed by atoms with van der Waals surface area (Å²) < 4.78 is 167. The van der Waals surface area contributed by atoms with E-state index < -0.39 is 80.3 Å². The molecule has 0 bridgehead atoms. The van der Waals surface area contributed by atoms with E-state index in [1.807, 2.05) is 0 Å². The van der Waals surface area contributed by atoms with E-state index in [0.717, 1.165) is 36.4 Å². The Bertz CT molecular complexity index is 1520. The number of alkyl halides is 12. The van der Waals surface area contributed by atoms with Crippen LogP contribution in [-0.4, -0.2) is 0 Å². The van der Waals surface area contributed by atoms with Crippen LogP contribution in [0.1, 0.15) is 22.3 Å². The second-order valence-electron chi connectivity index (χ2n) is 9.12. The molecule has 0 atom stereocenters. The second kappa shape index (κ2) is 10.2. The first-order valence-corrected chi connectivity index (χ1v) is 11.5. The summed E-state index contributed by atoms with van der Waals surface area (Å²) in [5.41, 5.74) is -0.743. The van der Waals surface area contributed by atoms with Gasteiger partial charge in [0.25, 0.3) is 0 Å². The molecule has 0 aliphatic carbocycles. The number of anilines is 2. The molecule has 4 aromatic rings. The molecule has 0 saturated carbocycles. The van der Waals surface area contributed by atoms with Gasteiger partial charge in [-0.2, -0.15) is 52.7 Å². The molecule has 222 valence electrons. The summed E-state index contributed by atoms with van der Waals surface area (Å²) in [5, 5.41) is 0. The van der Waals surface area contributed by atoms with Crippen LogP contribution < -0.4 is 11.5 Å². The lowest BCUT2D eigenvalue weighted by atomic mass is 9.88. The van der Waals surface area contributed by atoms with E-state index >= 15 is 0 Å². The van der Waals surface area contributed by atoms with E-state index in [2.05, 4.69) is 0 Å². The molecule has 0 heterocycles. The first kappa shape index (κ1) is 30.6. The lowest BCUT2D eigenvalue weighted by Gasteiger charge is -2.21. The van der Waals surface area contributed by atoms with Crippen LogP contribution in [0.5, 0.6) is 0 Å². The van der Waals surface area contributed by atoms with E-state index in [0.29, 0.717) is 24.3 Å². The van der Waals surface area contributed by atoms with Crippen molar-refractivity contribution < 1.29 is 52.7 Å². The fraction of sp³-hybridized carbons (Fsp3) is 0.143. The van der Waals surface area contributed by atoms with Crippen LogP contribution in [-0.2, 0) is 24.7 Å². The fourth-order valence-corrected chi connectivity index (χ4v) is 4.46. The SMILES string of the molecule is Nc1ccc(-c2ccc(-c3ccc(-c4ccc(N)cc4C(F)(F)F)cc3C(F)(F)F)c(C(F)(F)F)c2)c(C(F)(F)F)c1. The lowest BCUT2D eigenvalue weighted by Crippen LogP contribution is -2.13. The molecule has 4 aromatic carbocycles. The van der Waals surface area contributed by atoms with Gasteiger partial charge in [-0.1, -0.05) is 36.4 Å². The van der Waals surface area contributed by atoms with Gasteiger partial charge in [-0.05, 0) is 69.8 Å². The number of benzene rings is 4. The van der Waals surface area contributed by atoms with Crippen molar-refractivity contribution in [3.63, 3.8) is 0 Å². The van der Waals surface area contributed by atoms with E-state index in [4.69, 9.17) is 11.5 Å². The number of nitrogens with two attached hydrogens (primary N) is 2. The molecule has 42 heavy (non-hydrogen) atoms. The van der Waals surface area contributed by atoms with Gasteiger partial charge in [-0.15, -0.1) is 0 Å². The fourth-order valence-electron chi connectivity index (χ4n) is 4.46. The minimum atomic E-state index is -5.35. The van der Waals surface area contributed by atoms with Crippen molar-refractivity contribution in [1.82, 2.24) is 0 Å². The third kappa shape index (κ3) is 6.11. The van der Waals surface area contributed by atoms with E-state index in [1.54, 1.807) is 0 Å². The van der Waals surface area contributed by atoms with Crippen molar-refractivity contribution in [3.05, 3.63) is 95.1 Å². The van der Waals surface area contributed by atoms with E-state index in [-0.39, 0.29) is 23.5 Å². The van der Waals surface area contributed by atoms with Gasteiger partial charge in [-0.3, -0.25) is 0 Å². The van der Waals surface area contributed by atoms with Crippen LogP contribution in [0.4, 0.5) is 64.1 Å². The van der Waals surface area contributed by atoms with Crippen LogP contribution in [0.25, 0.3) is 33.4 Å². The van der Waals surface area contributed by atoms with E-state index in [1.165, 1.54) is 0 Å². The highest BCUT2D eigenvalue weighted by Crippen LogP contribution is 2.47. The third-order valence-electron chi connectivity index (χ3n) is 6.26. The zero-order valence-electron chi connectivity index (χ0n) is 20.6. The first-order valence-electron chi connectivity index (χ1n) is 11.5.